The lowest BCUT2D eigenvalue weighted by Gasteiger charge is -2.57. The minimum Gasteiger partial charge on any atom is -0.457 e. The smallest absolute Gasteiger partial charge is 0.185 e. The zero-order valence-corrected chi connectivity index (χ0v) is 44.9. The molecule has 4 aliphatic heterocycles. The highest BCUT2D eigenvalue weighted by Crippen LogP contribution is 2.63. The van der Waals surface area contributed by atoms with Crippen molar-refractivity contribution in [1.29, 1.82) is 0 Å². The van der Waals surface area contributed by atoms with Gasteiger partial charge >= 0.3 is 0 Å². The summed E-state index contributed by atoms with van der Waals surface area (Å²) in [7, 11) is 8.40. The third kappa shape index (κ3) is 8.83. The largest absolute Gasteiger partial charge is 0.457 e. The molecule has 12 atom stereocenters. The SMILES string of the molecule is CCCC#Cc1ncc(-c2ccc(Oc3cc(Cl)ccc3CN3C4C[C@@H](Cc5ccccc5)C5N(C)[C@@H](C)CNC6C[C@H](Cc7ccc(Cl)cc7)N(C)C7[C@@H](COC)NC([C@@H]3C)C67C(=O)C54CC)cc2)n1C. The molecule has 1 aromatic heterocycles. The van der Waals surface area contributed by atoms with Crippen LogP contribution >= 0.6 is 23.2 Å². The van der Waals surface area contributed by atoms with E-state index in [1.54, 1.807) is 7.11 Å². The number of ether oxygens (including phenoxy) is 2. The molecule has 72 heavy (non-hydrogen) atoms. The Kier molecular flexibility index (Phi) is 14.9. The van der Waals surface area contributed by atoms with Crippen LogP contribution in [-0.2, 0) is 36.0 Å². The van der Waals surface area contributed by atoms with E-state index in [2.05, 4.69) is 145 Å². The average molecular weight is 1010 g/mol. The number of nitrogens with zero attached hydrogens (tertiary/aromatic N) is 5. The fraction of sp³-hybridized carbons (Fsp3) is 0.500. The van der Waals surface area contributed by atoms with Gasteiger partial charge in [-0.05, 0) is 138 Å². The summed E-state index contributed by atoms with van der Waals surface area (Å²) < 4.78 is 15.1. The molecule has 1 spiro atoms. The molecule has 5 aromatic rings. The van der Waals surface area contributed by atoms with Crippen molar-refractivity contribution in [3.05, 3.63) is 136 Å². The van der Waals surface area contributed by atoms with E-state index in [0.717, 1.165) is 79.2 Å². The molecule has 1 aliphatic carbocycles. The molecule has 2 bridgehead atoms. The number of halogens is 2. The van der Waals surface area contributed by atoms with E-state index in [0.29, 0.717) is 35.5 Å². The number of carbonyl (C=O) groups is 1. The summed E-state index contributed by atoms with van der Waals surface area (Å²) in [6.45, 7) is 11.1. The van der Waals surface area contributed by atoms with Crippen LogP contribution in [0.3, 0.4) is 0 Å². The molecule has 10 nitrogen and oxygen atoms in total. The number of methoxy groups -OCH3 is 1. The molecule has 380 valence electrons. The first-order chi connectivity index (χ1) is 34.8. The van der Waals surface area contributed by atoms with Crippen molar-refractivity contribution in [3.8, 4) is 34.6 Å². The van der Waals surface area contributed by atoms with E-state index in [-0.39, 0.29) is 60.3 Å². The van der Waals surface area contributed by atoms with Gasteiger partial charge in [-0.25, -0.2) is 4.98 Å². The van der Waals surface area contributed by atoms with Crippen LogP contribution in [0.2, 0.25) is 10.0 Å². The summed E-state index contributed by atoms with van der Waals surface area (Å²) in [6.07, 6.45) is 7.97. The fourth-order valence-electron chi connectivity index (χ4n) is 14.6. The number of nitrogens with one attached hydrogen (secondary N) is 2. The predicted octanol–water partition coefficient (Wildman–Crippen LogP) is 10.1. The zero-order valence-electron chi connectivity index (χ0n) is 43.4. The predicted molar refractivity (Wildman–Crippen MR) is 290 cm³/mol. The first-order valence-electron chi connectivity index (χ1n) is 26.4. The van der Waals surface area contributed by atoms with Gasteiger partial charge in [-0.1, -0.05) is 91.5 Å². The first-order valence-corrected chi connectivity index (χ1v) is 27.2. The Bertz CT molecular complexity index is 2780. The number of unbranched alkanes of at least 4 members (excludes halogenated alkanes) is 1. The molecule has 2 N–H and O–H groups in total. The Morgan fingerprint density at radius 2 is 1.60 bits per heavy atom. The Balaban J connectivity index is 1.08. The number of imidazole rings is 1. The number of Topliss-reactive ketones (excluding diaryl/α,β-unsaturated/α-hetero) is 1. The van der Waals surface area contributed by atoms with Crippen LogP contribution in [0, 0.1) is 28.6 Å². The zero-order chi connectivity index (χ0) is 50.5. The minimum atomic E-state index is -0.778. The van der Waals surface area contributed by atoms with Gasteiger partial charge in [-0.3, -0.25) is 19.5 Å². The summed E-state index contributed by atoms with van der Waals surface area (Å²) in [4.78, 5) is 30.0. The lowest BCUT2D eigenvalue weighted by molar-refractivity contribution is -0.154. The molecule has 5 heterocycles. The van der Waals surface area contributed by atoms with Crippen LogP contribution in [0.4, 0.5) is 0 Å². The Morgan fingerprint density at radius 3 is 2.32 bits per heavy atom. The van der Waals surface area contributed by atoms with Crippen LogP contribution in [-0.4, -0.2) is 119 Å². The molecule has 0 radical (unpaired) electrons. The highest BCUT2D eigenvalue weighted by atomic mass is 35.5. The average Bonchev–Trinajstić information content (AvgIpc) is 4.03. The van der Waals surface area contributed by atoms with Crippen LogP contribution < -0.4 is 15.4 Å². The van der Waals surface area contributed by atoms with Crippen LogP contribution in [0.1, 0.15) is 82.3 Å². The lowest BCUT2D eigenvalue weighted by Crippen LogP contribution is -2.73. The summed E-state index contributed by atoms with van der Waals surface area (Å²) in [6, 6.07) is 33.3. The van der Waals surface area contributed by atoms with Crippen LogP contribution in [0.15, 0.2) is 103 Å². The molecule has 5 aliphatic rings. The van der Waals surface area contributed by atoms with Gasteiger partial charge in [0.1, 0.15) is 11.5 Å². The van der Waals surface area contributed by atoms with Crippen molar-refractivity contribution in [2.45, 2.75) is 134 Å². The molecular weight excluding hydrogens is 938 g/mol. The maximum Gasteiger partial charge on any atom is 0.185 e. The van der Waals surface area contributed by atoms with Crippen molar-refractivity contribution in [2.24, 2.45) is 23.8 Å². The molecule has 12 heteroatoms. The Morgan fingerprint density at radius 1 is 0.861 bits per heavy atom. The van der Waals surface area contributed by atoms with Gasteiger partial charge in [-0.15, -0.1) is 0 Å². The van der Waals surface area contributed by atoms with Gasteiger partial charge in [0.15, 0.2) is 11.6 Å². The molecule has 10 rings (SSSR count). The van der Waals surface area contributed by atoms with Gasteiger partial charge in [0.25, 0.3) is 0 Å². The molecule has 1 saturated carbocycles. The number of hydrogen-bond acceptors (Lipinski definition) is 9. The Labute approximate surface area is 438 Å². The second-order valence-corrected chi connectivity index (χ2v) is 22.6. The minimum absolute atomic E-state index is 0.00357. The standard InChI is InChI=1S/C60H73Cl2N7O3/c1-9-11-13-18-54-64-35-50(68(54)7)42-22-27-48(28-23-42)72-51-32-46(62)26-21-43(51)36-69-39(4)55-60-52(33-47(30-41-19-24-45(61)25-20-41)67(6)57(60)49(65-55)37-71-8)63-34-38(3)66(5)56-44(29-40-16-14-12-15-17-40)31-53(69)59(56,10-2)58(60)70/h12,14-17,19-28,32,35,38-39,44,47,49,52-53,55-57,63,65H,9-11,29-31,33-34,36-37H2,1-8H3/t38-,39-,44+,47-,49+,52?,53?,55?,56?,57?,59?,60?/m0/s1. The van der Waals surface area contributed by atoms with Gasteiger partial charge < -0.3 is 24.7 Å². The van der Waals surface area contributed by atoms with Crippen molar-refractivity contribution in [3.63, 3.8) is 0 Å². The quantitative estimate of drug-likeness (QED) is 0.112. The number of ketones is 1. The molecule has 4 aromatic carbocycles. The second kappa shape index (κ2) is 21.0. The lowest BCUT2D eigenvalue weighted by atomic mass is 9.54. The maximum atomic E-state index is 17.5. The maximum absolute atomic E-state index is 17.5. The van der Waals surface area contributed by atoms with E-state index in [4.69, 9.17) is 32.7 Å². The number of rotatable bonds is 13. The summed E-state index contributed by atoms with van der Waals surface area (Å²) in [5, 5.41) is 9.82. The van der Waals surface area contributed by atoms with E-state index in [9.17, 15) is 0 Å². The van der Waals surface area contributed by atoms with Gasteiger partial charge in [-0.2, -0.15) is 0 Å². The molecular formula is C60H73Cl2N7O3. The molecule has 5 fully saturated rings. The van der Waals surface area contributed by atoms with E-state index < -0.39 is 10.8 Å². The van der Waals surface area contributed by atoms with E-state index in [1.165, 1.54) is 11.1 Å². The van der Waals surface area contributed by atoms with Crippen LogP contribution in [0.5, 0.6) is 11.5 Å². The fourth-order valence-corrected chi connectivity index (χ4v) is 14.9. The highest BCUT2D eigenvalue weighted by molar-refractivity contribution is 6.31. The van der Waals surface area contributed by atoms with E-state index >= 15 is 4.79 Å². The van der Waals surface area contributed by atoms with Crippen LogP contribution in [0.25, 0.3) is 11.3 Å². The summed E-state index contributed by atoms with van der Waals surface area (Å²) in [5.41, 5.74) is 4.12. The second-order valence-electron chi connectivity index (χ2n) is 21.7. The Hall–Kier alpha value is -4.54. The van der Waals surface area contributed by atoms with Gasteiger partial charge in [0, 0.05) is 109 Å². The van der Waals surface area contributed by atoms with Crippen molar-refractivity contribution >= 4 is 29.0 Å². The third-order valence-corrected chi connectivity index (χ3v) is 18.5. The number of hydrogen-bond donors (Lipinski definition) is 2. The number of likely N-dealkylation sites (N-methyl/N-ethyl adjacent to an activating group) is 2. The summed E-state index contributed by atoms with van der Waals surface area (Å²) >= 11 is 13.3. The molecule has 4 saturated heterocycles. The number of carbonyl (C=O) groups excluding carboxylic acids is 1. The first kappa shape index (κ1) is 51.0. The highest BCUT2D eigenvalue weighted by Gasteiger charge is 2.77. The van der Waals surface area contributed by atoms with Gasteiger partial charge in [0.05, 0.1) is 29.3 Å². The summed E-state index contributed by atoms with van der Waals surface area (Å²) in [5.74, 6) is 9.28. The number of likely N-dealkylation sites (tertiary alicyclic amines) is 2. The number of benzene rings is 4. The van der Waals surface area contributed by atoms with Crippen molar-refractivity contribution < 1.29 is 14.3 Å². The topological polar surface area (TPSA) is 87.1 Å². The van der Waals surface area contributed by atoms with Crippen molar-refractivity contribution in [2.75, 3.05) is 34.4 Å². The third-order valence-electron chi connectivity index (χ3n) is 18.0. The molecule has 0 amide bonds. The van der Waals surface area contributed by atoms with Crippen molar-refractivity contribution in [1.82, 2.24) is 34.9 Å². The van der Waals surface area contributed by atoms with Gasteiger partial charge in [0.2, 0.25) is 0 Å². The normalized spacial score (nSPS) is 31.5. The van der Waals surface area contributed by atoms with E-state index in [1.807, 2.05) is 54.2 Å². The monoisotopic (exact) mass is 1010 g/mol. The number of piperidine rings is 1. The molecule has 7 unspecified atom stereocenters. The number of aromatic nitrogens is 2.